The number of carboxylic acid groups (broad SMARTS) is 3. The lowest BCUT2D eigenvalue weighted by molar-refractivity contribution is -0.145. The number of nitrogens with zero attached hydrogens (tertiary/aromatic N) is 4. The Balaban J connectivity index is 3.19. The Bertz CT molecular complexity index is 1350. The van der Waals surface area contributed by atoms with Crippen molar-refractivity contribution >= 4 is 56.5 Å². The first kappa shape index (κ1) is 47.9. The average molecular weight is 803 g/mol. The molecule has 1 saturated heterocycles. The summed E-state index contributed by atoms with van der Waals surface area (Å²) in [4.78, 5) is 129. The summed E-state index contributed by atoms with van der Waals surface area (Å²) in [5, 5.41) is 32.9. The monoisotopic (exact) mass is 802 g/mol. The summed E-state index contributed by atoms with van der Waals surface area (Å²) >= 11 is 0. The highest BCUT2D eigenvalue weighted by Gasteiger charge is 2.44. The molecule has 1 heterocycles. The molecule has 2 amide bonds. The van der Waals surface area contributed by atoms with Crippen molar-refractivity contribution in [1.82, 2.24) is 30.2 Å². The number of carbonyl (C=O) groups excluding carboxylic acids is 4. The van der Waals surface area contributed by atoms with E-state index in [1.807, 2.05) is 0 Å². The molecule has 0 radical (unpaired) electrons. The van der Waals surface area contributed by atoms with Gasteiger partial charge in [-0.3, -0.25) is 62.3 Å². The second-order valence-corrected chi connectivity index (χ2v) is 16.8. The van der Waals surface area contributed by atoms with Crippen LogP contribution < -0.4 is 10.6 Å². The van der Waals surface area contributed by atoms with Gasteiger partial charge in [0.25, 0.3) is 0 Å². The van der Waals surface area contributed by atoms with Gasteiger partial charge in [-0.1, -0.05) is 13.8 Å². The van der Waals surface area contributed by atoms with E-state index in [2.05, 4.69) is 5.32 Å². The molecule has 0 aliphatic carbocycles. The van der Waals surface area contributed by atoms with Crippen LogP contribution in [-0.4, -0.2) is 185 Å². The van der Waals surface area contributed by atoms with E-state index in [0.29, 0.717) is 0 Å². The first-order valence-corrected chi connectivity index (χ1v) is 20.1. The summed E-state index contributed by atoms with van der Waals surface area (Å²) in [6, 6.07) is -2.05. The lowest BCUT2D eigenvalue weighted by atomic mass is 9.98. The van der Waals surface area contributed by atoms with Gasteiger partial charge >= 0.3 is 33.1 Å². The van der Waals surface area contributed by atoms with E-state index >= 15 is 0 Å². The van der Waals surface area contributed by atoms with Crippen LogP contribution in [0.1, 0.15) is 46.5 Å². The molecule has 0 aromatic heterocycles. The number of Topliss-reactive ketones (excluding diaryl/α,β-unsaturated/α-hetero) is 2. The zero-order chi connectivity index (χ0) is 40.7. The molecule has 24 heteroatoms. The van der Waals surface area contributed by atoms with Gasteiger partial charge in [-0.05, 0) is 19.8 Å². The highest BCUT2D eigenvalue weighted by Crippen LogP contribution is 2.58. The van der Waals surface area contributed by atoms with Crippen LogP contribution in [-0.2, 0) is 42.7 Å². The minimum atomic E-state index is -5.49. The van der Waals surface area contributed by atoms with Gasteiger partial charge in [-0.2, -0.15) is 0 Å². The van der Waals surface area contributed by atoms with Crippen molar-refractivity contribution in [2.45, 2.75) is 64.1 Å². The minimum Gasteiger partial charge on any atom is -0.480 e. The van der Waals surface area contributed by atoms with Crippen LogP contribution in [0.4, 0.5) is 0 Å². The Hall–Kier alpha value is -3.17. The zero-order valence-electron chi connectivity index (χ0n) is 29.9. The molecule has 304 valence electrons. The van der Waals surface area contributed by atoms with Crippen molar-refractivity contribution < 1.29 is 77.6 Å². The van der Waals surface area contributed by atoms with Gasteiger partial charge in [-0.15, -0.1) is 0 Å². The third-order valence-electron chi connectivity index (χ3n) is 8.49. The molecule has 2 atom stereocenters. The second kappa shape index (κ2) is 22.3. The minimum absolute atomic E-state index is 0.0199. The van der Waals surface area contributed by atoms with Crippen molar-refractivity contribution in [2.75, 3.05) is 72.0 Å². The third-order valence-corrected chi connectivity index (χ3v) is 11.8. The third kappa shape index (κ3) is 18.6. The highest BCUT2D eigenvalue weighted by atomic mass is 31.2. The van der Waals surface area contributed by atoms with Crippen molar-refractivity contribution in [3.05, 3.63) is 0 Å². The number of nitrogens with one attached hydrogen (secondary N) is 2. The van der Waals surface area contributed by atoms with Crippen molar-refractivity contribution in [2.24, 2.45) is 5.92 Å². The van der Waals surface area contributed by atoms with E-state index < -0.39 is 88.6 Å². The Kier molecular flexibility index (Phi) is 20.1. The Labute approximate surface area is 306 Å². The molecule has 0 aromatic rings. The largest absolute Gasteiger partial charge is 0.480 e. The molecule has 9 N–H and O–H groups in total. The summed E-state index contributed by atoms with van der Waals surface area (Å²) in [7, 11) is -11.0. The average Bonchev–Trinajstić information content (AvgIpc) is 3.00. The van der Waals surface area contributed by atoms with Gasteiger partial charge in [0.2, 0.25) is 17.3 Å². The van der Waals surface area contributed by atoms with E-state index in [1.54, 1.807) is 28.5 Å². The smallest absolute Gasteiger partial charge is 0.360 e. The van der Waals surface area contributed by atoms with E-state index in [1.165, 1.54) is 17.1 Å². The van der Waals surface area contributed by atoms with Crippen molar-refractivity contribution in [1.29, 1.82) is 0 Å². The maximum atomic E-state index is 12.8. The Morgan fingerprint density at radius 1 is 0.642 bits per heavy atom. The van der Waals surface area contributed by atoms with Crippen molar-refractivity contribution in [3.63, 3.8) is 0 Å². The molecule has 1 rings (SSSR count). The van der Waals surface area contributed by atoms with Gasteiger partial charge in [0.05, 0.1) is 25.7 Å². The number of rotatable bonds is 20. The van der Waals surface area contributed by atoms with Crippen LogP contribution in [0.15, 0.2) is 0 Å². The van der Waals surface area contributed by atoms with Crippen LogP contribution in [0.25, 0.3) is 0 Å². The fourth-order valence-corrected chi connectivity index (χ4v) is 7.81. The number of carbonyl (C=O) groups is 7. The highest BCUT2D eigenvalue weighted by molar-refractivity contribution is 7.70. The number of carboxylic acids is 3. The lowest BCUT2D eigenvalue weighted by Crippen LogP contribution is -2.53. The number of ketones is 2. The molecule has 2 unspecified atom stereocenters. The van der Waals surface area contributed by atoms with Crippen LogP contribution in [0, 0.1) is 5.92 Å². The predicted octanol–water partition coefficient (Wildman–Crippen LogP) is -2.56. The van der Waals surface area contributed by atoms with Gasteiger partial charge in [0.15, 0.2) is 0 Å². The summed E-state index contributed by atoms with van der Waals surface area (Å²) in [5.74, 6) is -6.42. The normalized spacial score (nSPS) is 17.7. The fourth-order valence-electron chi connectivity index (χ4n) is 5.62. The topological polar surface area (TPSA) is 332 Å². The molecule has 1 fully saturated rings. The zero-order valence-corrected chi connectivity index (χ0v) is 31.7. The van der Waals surface area contributed by atoms with E-state index in [-0.39, 0.29) is 89.1 Å². The Morgan fingerprint density at radius 2 is 1.06 bits per heavy atom. The number of aliphatic carboxylic acids is 3. The summed E-state index contributed by atoms with van der Waals surface area (Å²) in [6.45, 7) is 3.60. The first-order chi connectivity index (χ1) is 24.4. The van der Waals surface area contributed by atoms with Gasteiger partial charge < -0.3 is 45.5 Å². The van der Waals surface area contributed by atoms with Gasteiger partial charge in [0, 0.05) is 71.1 Å². The maximum Gasteiger partial charge on any atom is 0.360 e. The SMILES string of the molecule is CC(=O)C(CCC(=O)C(C)C)N1CCN(CC(=O)O)CCN(C(CCC(=O)NCC(=O)NC(P(=O)(O)O)P(=O)(O)O)C(=O)O)CCN(CC(=O)O)CC1. The number of hydrogen-bond donors (Lipinski definition) is 9. The fraction of sp³-hybridized carbons (Fsp3) is 0.759. The van der Waals surface area contributed by atoms with Gasteiger partial charge in [0.1, 0.15) is 17.6 Å². The molecular weight excluding hydrogens is 750 g/mol. The number of hydrogen-bond acceptors (Lipinski definition) is 13. The van der Waals surface area contributed by atoms with Crippen molar-refractivity contribution in [3.8, 4) is 0 Å². The first-order valence-electron chi connectivity index (χ1n) is 16.7. The van der Waals surface area contributed by atoms with Crippen LogP contribution >= 0.6 is 15.2 Å². The maximum absolute atomic E-state index is 12.8. The van der Waals surface area contributed by atoms with E-state index in [0.717, 1.165) is 0 Å². The summed E-state index contributed by atoms with van der Waals surface area (Å²) < 4.78 is 22.8. The number of amides is 2. The van der Waals surface area contributed by atoms with Crippen LogP contribution in [0.5, 0.6) is 0 Å². The van der Waals surface area contributed by atoms with Crippen LogP contribution in [0.3, 0.4) is 0 Å². The van der Waals surface area contributed by atoms with E-state index in [4.69, 9.17) is 19.6 Å². The Morgan fingerprint density at radius 3 is 1.42 bits per heavy atom. The van der Waals surface area contributed by atoms with Gasteiger partial charge in [-0.25, -0.2) is 0 Å². The quantitative estimate of drug-likeness (QED) is 0.0572. The molecule has 0 aromatic carbocycles. The molecule has 0 saturated carbocycles. The lowest BCUT2D eigenvalue weighted by Gasteiger charge is -2.37. The molecule has 0 bridgehead atoms. The molecule has 1 aliphatic rings. The molecule has 1 aliphatic heterocycles. The molecule has 53 heavy (non-hydrogen) atoms. The van der Waals surface area contributed by atoms with Crippen LogP contribution in [0.2, 0.25) is 0 Å². The molecule has 0 spiro atoms. The summed E-state index contributed by atoms with van der Waals surface area (Å²) in [6.07, 6.45) is -0.491. The predicted molar refractivity (Wildman–Crippen MR) is 185 cm³/mol. The van der Waals surface area contributed by atoms with E-state index in [9.17, 15) is 58.0 Å². The molecule has 22 nitrogen and oxygen atoms in total. The summed E-state index contributed by atoms with van der Waals surface area (Å²) in [5.41, 5.74) is -2.84. The second-order valence-electron chi connectivity index (χ2n) is 13.0. The molecular formula is C29H52N6O16P2. The standard InChI is InChI=1S/C29H52N6O16P2/c1-19(2)23(37)6-4-21(20(3)36)34-12-8-32(17-26(40)41)10-14-35(15-11-33(9-13-34)18-27(42)43)22(28(44)45)5-7-24(38)30-16-25(39)31-29(52(46,47)48)53(49,50)51/h19,21-22,29H,4-18H2,1-3H3,(H,30,38)(H,31,39)(H,40,41)(H,42,43)(H,44,45)(H2,46,47,48)(H2,49,50,51).